The topological polar surface area (TPSA) is 188 Å². The van der Waals surface area contributed by atoms with E-state index in [0.29, 0.717) is 87.5 Å². The molecule has 6 heterocycles. The number of unbranched alkanes of at least 4 members (excludes halogenated alkanes) is 1. The number of amides is 5. The van der Waals surface area contributed by atoms with Gasteiger partial charge in [-0.25, -0.2) is 9.97 Å². The van der Waals surface area contributed by atoms with E-state index in [9.17, 15) is 24.0 Å². The molecule has 2 saturated heterocycles. The van der Waals surface area contributed by atoms with Crippen molar-refractivity contribution in [3.63, 3.8) is 0 Å². The number of nitrogens with one attached hydrogen (secondary N) is 4. The lowest BCUT2D eigenvalue weighted by molar-refractivity contribution is -0.137. The van der Waals surface area contributed by atoms with Crippen LogP contribution in [-0.2, 0) is 50.0 Å². The number of nitrogens with zero attached hydrogens (tertiary/aromatic N) is 4. The summed E-state index contributed by atoms with van der Waals surface area (Å²) < 4.78 is 12.9. The van der Waals surface area contributed by atoms with Gasteiger partial charge in [0.25, 0.3) is 5.91 Å². The van der Waals surface area contributed by atoms with Crippen LogP contribution < -0.4 is 26.0 Å². The molecule has 2 fully saturated rings. The molecule has 3 aliphatic rings. The van der Waals surface area contributed by atoms with E-state index >= 15 is 0 Å². The first-order valence-corrected chi connectivity index (χ1v) is 23.1. The van der Waals surface area contributed by atoms with E-state index in [1.165, 1.54) is 22.7 Å². The number of carbonyl (C=O) groups is 5. The third-order valence-electron chi connectivity index (χ3n) is 10.8. The Kier molecular flexibility index (Phi) is 14.4. The van der Waals surface area contributed by atoms with Gasteiger partial charge in [-0.2, -0.15) is 0 Å². The van der Waals surface area contributed by atoms with Crippen LogP contribution in [0.2, 0.25) is 0 Å². The number of carbonyl (C=O) groups excluding carboxylic acids is 5. The summed E-state index contributed by atoms with van der Waals surface area (Å²) in [5, 5.41) is 14.2. The first-order chi connectivity index (χ1) is 28.9. The number of ether oxygens (including phenoxy) is 1. The van der Waals surface area contributed by atoms with Crippen molar-refractivity contribution >= 4 is 69.1 Å². The van der Waals surface area contributed by atoms with Gasteiger partial charge in [-0.05, 0) is 69.4 Å². The number of likely N-dealkylation sites (tertiary alicyclic amines) is 1. The molecule has 320 valence electrons. The molecule has 0 radical (unpaired) electrons. The molecule has 60 heavy (non-hydrogen) atoms. The molecule has 0 saturated carbocycles. The second-order valence-corrected chi connectivity index (χ2v) is 19.6. The van der Waals surface area contributed by atoms with Crippen molar-refractivity contribution < 1.29 is 33.1 Å². The van der Waals surface area contributed by atoms with Crippen LogP contribution in [0.5, 0.6) is 5.75 Å². The number of thioether (sulfide) groups is 1. The van der Waals surface area contributed by atoms with Crippen LogP contribution in [0.25, 0.3) is 0 Å². The molecule has 1 aromatic carbocycles. The Bertz CT molecular complexity index is 2150. The zero-order valence-electron chi connectivity index (χ0n) is 34.2. The summed E-state index contributed by atoms with van der Waals surface area (Å²) >= 11 is 4.51. The summed E-state index contributed by atoms with van der Waals surface area (Å²) in [7, 11) is 0. The molecule has 1 unspecified atom stereocenters. The summed E-state index contributed by atoms with van der Waals surface area (Å²) in [5.74, 6) is 1.83. The van der Waals surface area contributed by atoms with Gasteiger partial charge in [-0.1, -0.05) is 44.2 Å². The molecule has 3 aliphatic heterocycles. The molecule has 7 rings (SSSR count). The molecule has 15 nitrogen and oxygen atoms in total. The summed E-state index contributed by atoms with van der Waals surface area (Å²) in [6.45, 7) is 10.8. The van der Waals surface area contributed by atoms with Gasteiger partial charge in [0.2, 0.25) is 29.5 Å². The summed E-state index contributed by atoms with van der Waals surface area (Å²) in [6.07, 6.45) is 7.30. The molecular formula is C42H52N8O7S3. The van der Waals surface area contributed by atoms with Gasteiger partial charge in [0.15, 0.2) is 5.13 Å². The number of imide groups is 1. The number of hydrogen-bond acceptors (Lipinski definition) is 14. The van der Waals surface area contributed by atoms with Gasteiger partial charge in [0.1, 0.15) is 24.2 Å². The van der Waals surface area contributed by atoms with Crippen molar-refractivity contribution in [3.8, 4) is 5.75 Å². The van der Waals surface area contributed by atoms with E-state index in [0.717, 1.165) is 51.1 Å². The molecule has 1 atom stereocenters. The summed E-state index contributed by atoms with van der Waals surface area (Å²) in [4.78, 5) is 75.9. The van der Waals surface area contributed by atoms with E-state index in [1.807, 2.05) is 29.6 Å². The van der Waals surface area contributed by atoms with Crippen molar-refractivity contribution in [1.82, 2.24) is 35.7 Å². The largest absolute Gasteiger partial charge is 0.488 e. The Hall–Kier alpha value is -4.62. The average molecular weight is 877 g/mol. The fourth-order valence-electron chi connectivity index (χ4n) is 7.27. The van der Waals surface area contributed by atoms with E-state index in [4.69, 9.17) is 9.15 Å². The summed E-state index contributed by atoms with van der Waals surface area (Å²) in [5.41, 5.74) is 2.53. The van der Waals surface area contributed by atoms with Gasteiger partial charge in [-0.15, -0.1) is 23.1 Å². The maximum Gasteiger partial charge on any atom is 0.256 e. The fourth-order valence-corrected chi connectivity index (χ4v) is 9.95. The maximum absolute atomic E-state index is 13.0. The number of oxazole rings is 1. The lowest BCUT2D eigenvalue weighted by atomic mass is 9.94. The monoisotopic (exact) mass is 876 g/mol. The third kappa shape index (κ3) is 11.4. The van der Waals surface area contributed by atoms with Crippen molar-refractivity contribution in [2.24, 2.45) is 5.92 Å². The highest BCUT2D eigenvalue weighted by Crippen LogP contribution is 2.35. The number of piperidine rings is 2. The van der Waals surface area contributed by atoms with Gasteiger partial charge in [-0.3, -0.25) is 34.2 Å². The van der Waals surface area contributed by atoms with Crippen molar-refractivity contribution in [3.05, 3.63) is 75.3 Å². The minimum absolute atomic E-state index is 0.00603. The molecule has 4 N–H and O–H groups in total. The number of fused-ring (bicyclic) bond motifs is 1. The number of thiazole rings is 1. The Morgan fingerprint density at radius 3 is 2.57 bits per heavy atom. The molecule has 5 amide bonds. The van der Waals surface area contributed by atoms with Crippen molar-refractivity contribution in [2.75, 3.05) is 38.0 Å². The lowest BCUT2D eigenvalue weighted by Gasteiger charge is -2.30. The Morgan fingerprint density at radius 2 is 1.82 bits per heavy atom. The highest BCUT2D eigenvalue weighted by Gasteiger charge is 2.40. The Morgan fingerprint density at radius 1 is 1.03 bits per heavy atom. The molecule has 0 spiro atoms. The minimum Gasteiger partial charge on any atom is -0.488 e. The molecule has 3 aromatic heterocycles. The van der Waals surface area contributed by atoms with Gasteiger partial charge in [0.05, 0.1) is 34.5 Å². The van der Waals surface area contributed by atoms with Crippen molar-refractivity contribution in [2.45, 2.75) is 100 Å². The third-order valence-corrected chi connectivity index (χ3v) is 13.9. The molecular weight excluding hydrogens is 825 g/mol. The molecule has 0 aliphatic carbocycles. The van der Waals surface area contributed by atoms with Gasteiger partial charge < -0.3 is 30.0 Å². The van der Waals surface area contributed by atoms with Crippen LogP contribution in [0, 0.1) is 5.92 Å². The smallest absolute Gasteiger partial charge is 0.256 e. The first kappa shape index (κ1) is 43.5. The zero-order valence-corrected chi connectivity index (χ0v) is 36.6. The predicted molar refractivity (Wildman–Crippen MR) is 230 cm³/mol. The molecule has 18 heteroatoms. The van der Waals surface area contributed by atoms with Gasteiger partial charge in [0, 0.05) is 53.2 Å². The van der Waals surface area contributed by atoms with Crippen LogP contribution in [0.1, 0.15) is 97.3 Å². The number of anilines is 1. The fraction of sp³-hybridized carbons (Fsp3) is 0.500. The lowest BCUT2D eigenvalue weighted by Crippen LogP contribution is -2.52. The van der Waals surface area contributed by atoms with E-state index in [-0.39, 0.29) is 41.4 Å². The van der Waals surface area contributed by atoms with Crippen molar-refractivity contribution in [1.29, 1.82) is 0 Å². The van der Waals surface area contributed by atoms with Crippen LogP contribution in [-0.4, -0.2) is 88.1 Å². The van der Waals surface area contributed by atoms with Crippen LogP contribution in [0.4, 0.5) is 5.13 Å². The zero-order chi connectivity index (χ0) is 42.2. The predicted octanol–water partition coefficient (Wildman–Crippen LogP) is 5.46. The number of aromatic nitrogens is 2. The second-order valence-electron chi connectivity index (χ2n) is 16.3. The SMILES string of the molecule is CC(C)(C)c1cnc(CSc2cnc(NC(=O)C3CCN(CC(=O)NCCCCNCc4ccc(OCc5scc6c5CN(C5CCC(=O)NC5=O)C6=O)cc4)CC3)s2)o1. The Labute approximate surface area is 361 Å². The quantitative estimate of drug-likeness (QED) is 0.0563. The number of hydrogen-bond donors (Lipinski definition) is 4. The van der Waals surface area contributed by atoms with Gasteiger partial charge >= 0.3 is 0 Å². The normalized spacial score (nSPS) is 17.5. The highest BCUT2D eigenvalue weighted by molar-refractivity contribution is 8.00. The number of rotatable bonds is 18. The van der Waals surface area contributed by atoms with Crippen LogP contribution in [0.3, 0.4) is 0 Å². The number of benzene rings is 1. The maximum atomic E-state index is 13.0. The first-order valence-electron chi connectivity index (χ1n) is 20.4. The Balaban J connectivity index is 0.713. The number of thiophene rings is 1. The average Bonchev–Trinajstić information content (AvgIpc) is 4.03. The molecule has 4 aromatic rings. The second kappa shape index (κ2) is 19.8. The standard InChI is InChI=1S/C42H52N8O7S3/c1-42(2,3)33-19-45-36(57-33)25-59-37-20-46-41(60-37)48-38(53)27-12-16-49(17-13-27)22-35(52)44-15-5-4-14-43-18-26-6-8-28(9-7-26)56-23-32-29-21-50(40(55)30(29)24-58-32)31-10-11-34(51)47-39(31)54/h6-9,19-20,24,27,31,43H,4-5,10-18,21-23,25H2,1-3H3,(H,44,52)(H,46,48,53)(H,47,51,54). The molecule has 0 bridgehead atoms. The van der Waals surface area contributed by atoms with E-state index < -0.39 is 11.9 Å². The highest BCUT2D eigenvalue weighted by atomic mass is 32.2. The van der Waals surface area contributed by atoms with E-state index in [1.54, 1.807) is 29.1 Å². The minimum atomic E-state index is -0.630. The van der Waals surface area contributed by atoms with E-state index in [2.05, 4.69) is 56.9 Å². The summed E-state index contributed by atoms with van der Waals surface area (Å²) in [6, 6.07) is 7.27. The van der Waals surface area contributed by atoms with Crippen LogP contribution >= 0.6 is 34.4 Å². The van der Waals surface area contributed by atoms with Crippen LogP contribution in [0.15, 0.2) is 50.7 Å².